The summed E-state index contributed by atoms with van der Waals surface area (Å²) in [5, 5.41) is 20.3. The van der Waals surface area contributed by atoms with Crippen molar-refractivity contribution in [3.05, 3.63) is 86.9 Å². The summed E-state index contributed by atoms with van der Waals surface area (Å²) >= 11 is 0. The lowest BCUT2D eigenvalue weighted by Crippen LogP contribution is -2.65. The molecule has 6 rings (SSSR count). The first-order valence-electron chi connectivity index (χ1n) is 18.1. The second-order valence-electron chi connectivity index (χ2n) is 16.4. The van der Waals surface area contributed by atoms with Gasteiger partial charge in [-0.05, 0) is 91.9 Å². The summed E-state index contributed by atoms with van der Waals surface area (Å²) in [7, 11) is 5.09. The van der Waals surface area contributed by atoms with Gasteiger partial charge >= 0.3 is 0 Å². The summed E-state index contributed by atoms with van der Waals surface area (Å²) in [6.45, 7) is 16.2. The lowest BCUT2D eigenvalue weighted by molar-refractivity contribution is -0.0480. The molecule has 51 heavy (non-hydrogen) atoms. The number of allylic oxidation sites excluding steroid dienone is 1. The van der Waals surface area contributed by atoms with E-state index in [1.54, 1.807) is 0 Å². The Morgan fingerprint density at radius 2 is 1.78 bits per heavy atom. The summed E-state index contributed by atoms with van der Waals surface area (Å²) in [4.78, 5) is 34.4. The quantitative estimate of drug-likeness (QED) is 0.209. The molecule has 2 N–H and O–H groups in total. The number of benzene rings is 2. The zero-order valence-electron chi connectivity index (χ0n) is 32.1. The standard InChI is InChI=1S/C40H54N4O6Si/c1-12-41-21-26-18-23(2)29-27(32(26)43(6)7)19-25-20-28-33(44(8)9)35-31(38(42-49-35)48-22-24-16-14-13-15-17-24)37(47)40(28,36(46)30(25)34(29)45)50-51(10,11)39(3,4)5/h13-18,25,28,33,41,46H,12,19-22H2,1-11H3/t25-,28-,33-,40-/m0/s1. The average Bonchev–Trinajstić information content (AvgIpc) is 3.46. The van der Waals surface area contributed by atoms with Gasteiger partial charge in [0.25, 0.3) is 5.88 Å². The number of ether oxygens (including phenoxy) is 1. The third-order valence-corrected chi connectivity index (χ3v) is 16.0. The van der Waals surface area contributed by atoms with Gasteiger partial charge in [0.1, 0.15) is 17.9 Å². The highest BCUT2D eigenvalue weighted by molar-refractivity contribution is 6.74. The fourth-order valence-electron chi connectivity index (χ4n) is 8.28. The number of nitrogens with one attached hydrogen (secondary N) is 1. The van der Waals surface area contributed by atoms with Crippen LogP contribution in [0.3, 0.4) is 0 Å². The number of ketones is 2. The highest BCUT2D eigenvalue weighted by Crippen LogP contribution is 2.60. The number of anilines is 1. The molecule has 3 aliphatic carbocycles. The molecule has 3 aromatic rings. The first kappa shape index (κ1) is 37.0. The van der Waals surface area contributed by atoms with Gasteiger partial charge in [-0.15, -0.1) is 0 Å². The number of aliphatic hydroxyl groups is 1. The molecular weight excluding hydrogens is 661 g/mol. The van der Waals surface area contributed by atoms with Crippen molar-refractivity contribution in [1.29, 1.82) is 0 Å². The molecule has 11 heteroatoms. The zero-order valence-corrected chi connectivity index (χ0v) is 33.1. The van der Waals surface area contributed by atoms with Crippen LogP contribution in [-0.4, -0.2) is 75.4 Å². The van der Waals surface area contributed by atoms with Gasteiger partial charge in [0, 0.05) is 43.4 Å². The molecule has 1 aromatic heterocycles. The Bertz CT molecular complexity index is 1880. The minimum absolute atomic E-state index is 0.0577. The van der Waals surface area contributed by atoms with Crippen LogP contribution in [0, 0.1) is 18.8 Å². The topological polar surface area (TPSA) is 117 Å². The average molecular weight is 715 g/mol. The third-order valence-electron chi connectivity index (χ3n) is 11.6. The Morgan fingerprint density at radius 3 is 2.39 bits per heavy atom. The maximum Gasteiger partial charge on any atom is 0.265 e. The molecule has 0 saturated carbocycles. The fraction of sp³-hybridized carbons (Fsp3) is 0.525. The molecule has 0 unspecified atom stereocenters. The van der Waals surface area contributed by atoms with Crippen LogP contribution in [-0.2, 0) is 24.0 Å². The van der Waals surface area contributed by atoms with Gasteiger partial charge in [0.05, 0.1) is 6.04 Å². The van der Waals surface area contributed by atoms with Gasteiger partial charge in [0.2, 0.25) is 5.78 Å². The number of rotatable bonds is 10. The van der Waals surface area contributed by atoms with Crippen molar-refractivity contribution in [1.82, 2.24) is 15.4 Å². The van der Waals surface area contributed by atoms with Crippen LogP contribution in [0.4, 0.5) is 5.69 Å². The number of Topliss-reactive ketones (excluding diaryl/α,β-unsaturated/α-hetero) is 2. The summed E-state index contributed by atoms with van der Waals surface area (Å²) in [5.74, 6) is -1.45. The van der Waals surface area contributed by atoms with Gasteiger partial charge in [0.15, 0.2) is 25.5 Å². The maximum atomic E-state index is 15.4. The highest BCUT2D eigenvalue weighted by Gasteiger charge is 2.67. The molecule has 274 valence electrons. The van der Waals surface area contributed by atoms with E-state index in [4.69, 9.17) is 13.7 Å². The van der Waals surface area contributed by atoms with Crippen LogP contribution in [0.25, 0.3) is 0 Å². The predicted molar refractivity (Wildman–Crippen MR) is 201 cm³/mol. The molecule has 0 saturated heterocycles. The second kappa shape index (κ2) is 13.3. The summed E-state index contributed by atoms with van der Waals surface area (Å²) in [6.07, 6.45) is 0.974. The molecule has 2 aromatic carbocycles. The molecule has 0 fully saturated rings. The van der Waals surface area contributed by atoms with Crippen LogP contribution in [0.15, 0.2) is 52.3 Å². The van der Waals surface area contributed by atoms with Crippen LogP contribution in [0.1, 0.15) is 88.9 Å². The van der Waals surface area contributed by atoms with Crippen molar-refractivity contribution in [3.8, 4) is 5.88 Å². The molecule has 0 bridgehead atoms. The van der Waals surface area contributed by atoms with Gasteiger partial charge in [-0.3, -0.25) is 14.5 Å². The lowest BCUT2D eigenvalue weighted by atomic mass is 9.58. The number of aryl methyl sites for hydroxylation is 1. The SMILES string of the molecule is CCNCc1cc(C)c2c(c1N(C)C)C[C@H]1C[C@H]3[C@H](N(C)C)c4onc(OCc5ccccc5)c4C(=O)[C@@]3(O[Si](C)(C)C(C)(C)C)C(O)=C1C2=O. The normalized spacial score (nSPS) is 23.2. The first-order chi connectivity index (χ1) is 24.0. The zero-order chi connectivity index (χ0) is 37.2. The maximum absolute atomic E-state index is 15.4. The van der Waals surface area contributed by atoms with E-state index in [9.17, 15) is 9.90 Å². The van der Waals surface area contributed by atoms with E-state index in [1.165, 1.54) is 0 Å². The van der Waals surface area contributed by atoms with E-state index >= 15 is 4.79 Å². The van der Waals surface area contributed by atoms with Crippen molar-refractivity contribution in [2.24, 2.45) is 11.8 Å². The van der Waals surface area contributed by atoms with Crippen molar-refractivity contribution < 1.29 is 28.4 Å². The van der Waals surface area contributed by atoms with E-state index in [2.05, 4.69) is 62.2 Å². The molecule has 3 aliphatic rings. The van der Waals surface area contributed by atoms with Crippen LogP contribution < -0.4 is 15.0 Å². The molecular formula is C40H54N4O6Si. The van der Waals surface area contributed by atoms with Gasteiger partial charge in [-0.25, -0.2) is 0 Å². The monoisotopic (exact) mass is 714 g/mol. The minimum atomic E-state index is -2.80. The molecule has 0 aliphatic heterocycles. The number of fused-ring (bicyclic) bond motifs is 4. The third kappa shape index (κ3) is 5.95. The van der Waals surface area contributed by atoms with Gasteiger partial charge < -0.3 is 29.0 Å². The van der Waals surface area contributed by atoms with E-state index < -0.39 is 31.7 Å². The minimum Gasteiger partial charge on any atom is -0.508 e. The van der Waals surface area contributed by atoms with E-state index in [0.717, 1.165) is 34.5 Å². The molecule has 4 atom stereocenters. The number of hydrogen-bond acceptors (Lipinski definition) is 10. The van der Waals surface area contributed by atoms with Crippen molar-refractivity contribution in [3.63, 3.8) is 0 Å². The Labute approximate surface area is 303 Å². The number of carbonyl (C=O) groups excluding carboxylic acids is 2. The van der Waals surface area contributed by atoms with Crippen molar-refractivity contribution in [2.45, 2.75) is 90.4 Å². The van der Waals surface area contributed by atoms with Crippen LogP contribution in [0.5, 0.6) is 5.88 Å². The predicted octanol–water partition coefficient (Wildman–Crippen LogP) is 7.18. The highest BCUT2D eigenvalue weighted by atomic mass is 28.4. The second-order valence-corrected chi connectivity index (χ2v) is 21.1. The lowest BCUT2D eigenvalue weighted by Gasteiger charge is -2.55. The Morgan fingerprint density at radius 1 is 1.10 bits per heavy atom. The fourth-order valence-corrected chi connectivity index (χ4v) is 9.73. The smallest absolute Gasteiger partial charge is 0.265 e. The van der Waals surface area contributed by atoms with E-state index in [-0.39, 0.29) is 46.1 Å². The summed E-state index contributed by atoms with van der Waals surface area (Å²) < 4.78 is 19.5. The van der Waals surface area contributed by atoms with Crippen LogP contribution >= 0.6 is 0 Å². The molecule has 10 nitrogen and oxygen atoms in total. The first-order valence-corrected chi connectivity index (χ1v) is 21.0. The number of aliphatic hydroxyl groups excluding tert-OH is 1. The number of nitrogens with zero attached hydrogens (tertiary/aromatic N) is 3. The summed E-state index contributed by atoms with van der Waals surface area (Å²) in [5.41, 5.74) is 4.10. The number of carbonyl (C=O) groups is 2. The Hall–Kier alpha value is -3.77. The van der Waals surface area contributed by atoms with Crippen LogP contribution in [0.2, 0.25) is 18.1 Å². The largest absolute Gasteiger partial charge is 0.508 e. The number of aromatic nitrogens is 1. The summed E-state index contributed by atoms with van der Waals surface area (Å²) in [6, 6.07) is 11.2. The van der Waals surface area contributed by atoms with Crippen molar-refractivity contribution >= 4 is 25.6 Å². The Kier molecular flexibility index (Phi) is 9.67. The molecule has 0 radical (unpaired) electrons. The Balaban J connectivity index is 1.58. The molecule has 1 heterocycles. The van der Waals surface area contributed by atoms with Gasteiger partial charge in [-0.1, -0.05) is 64.1 Å². The van der Waals surface area contributed by atoms with Gasteiger partial charge in [-0.2, -0.15) is 0 Å². The van der Waals surface area contributed by atoms with Crippen molar-refractivity contribution in [2.75, 3.05) is 39.6 Å². The van der Waals surface area contributed by atoms with E-state index in [0.29, 0.717) is 30.7 Å². The molecule has 0 amide bonds. The number of hydrogen-bond donors (Lipinski definition) is 2. The van der Waals surface area contributed by atoms with E-state index in [1.807, 2.05) is 70.3 Å². The molecule has 0 spiro atoms.